The molecule has 1 aliphatic rings. The Bertz CT molecular complexity index is 1830. The summed E-state index contributed by atoms with van der Waals surface area (Å²) in [5.41, 5.74) is 2.48. The summed E-state index contributed by atoms with van der Waals surface area (Å²) >= 11 is 1.32. The van der Waals surface area contributed by atoms with Crippen molar-refractivity contribution in [3.05, 3.63) is 103 Å². The highest BCUT2D eigenvalue weighted by Gasteiger charge is 2.35. The number of rotatable bonds is 10. The normalized spacial score (nSPS) is 15.0. The Labute approximate surface area is 250 Å². The molecule has 1 aromatic heterocycles. The third kappa shape index (κ3) is 5.39. The number of carbonyl (C=O) groups excluding carboxylic acids is 1. The summed E-state index contributed by atoms with van der Waals surface area (Å²) in [6.07, 6.45) is 3.88. The van der Waals surface area contributed by atoms with Crippen molar-refractivity contribution in [2.75, 3.05) is 26.8 Å². The molecule has 42 heavy (non-hydrogen) atoms. The van der Waals surface area contributed by atoms with Crippen molar-refractivity contribution < 1.29 is 14.3 Å². The topological polar surface area (TPSA) is 73.1 Å². The maximum atomic E-state index is 14.3. The van der Waals surface area contributed by atoms with E-state index >= 15 is 0 Å². The summed E-state index contributed by atoms with van der Waals surface area (Å²) in [7, 11) is 1.60. The smallest absolute Gasteiger partial charge is 0.271 e. The lowest BCUT2D eigenvalue weighted by Crippen LogP contribution is -2.43. The van der Waals surface area contributed by atoms with Gasteiger partial charge >= 0.3 is 0 Å². The zero-order valence-corrected chi connectivity index (χ0v) is 25.7. The van der Waals surface area contributed by atoms with Crippen LogP contribution in [0.2, 0.25) is 0 Å². The van der Waals surface area contributed by atoms with Crippen molar-refractivity contribution >= 4 is 34.1 Å². The van der Waals surface area contributed by atoms with Crippen molar-refractivity contribution in [3.8, 4) is 11.5 Å². The van der Waals surface area contributed by atoms with Crippen LogP contribution >= 0.6 is 11.3 Å². The second-order valence-corrected chi connectivity index (χ2v) is 11.2. The number of hydrogen-bond acceptors (Lipinski definition) is 6. The fraction of sp³-hybridized carbons (Fsp3) is 0.324. The molecule has 0 unspecified atom stereocenters. The van der Waals surface area contributed by atoms with Gasteiger partial charge in [0.05, 0.1) is 29.5 Å². The Balaban J connectivity index is 1.77. The minimum Gasteiger partial charge on any atom is -0.496 e. The number of nitrogens with zero attached hydrogens (tertiary/aromatic N) is 3. The van der Waals surface area contributed by atoms with Crippen LogP contribution in [0.15, 0.2) is 81.7 Å². The lowest BCUT2D eigenvalue weighted by atomic mass is 9.94. The van der Waals surface area contributed by atoms with Crippen molar-refractivity contribution in [1.82, 2.24) is 9.47 Å². The van der Waals surface area contributed by atoms with E-state index in [9.17, 15) is 9.59 Å². The first-order chi connectivity index (χ1) is 20.4. The first kappa shape index (κ1) is 29.3. The van der Waals surface area contributed by atoms with E-state index < -0.39 is 6.04 Å². The molecule has 0 saturated heterocycles. The Hall–Kier alpha value is -4.17. The maximum absolute atomic E-state index is 14.3. The first-order valence-electron chi connectivity index (χ1n) is 14.5. The minimum atomic E-state index is -0.680. The minimum absolute atomic E-state index is 0.132. The number of amides is 1. The van der Waals surface area contributed by atoms with Gasteiger partial charge in [0.2, 0.25) is 0 Å². The van der Waals surface area contributed by atoms with Gasteiger partial charge in [-0.2, -0.15) is 0 Å². The lowest BCUT2D eigenvalue weighted by molar-refractivity contribution is -0.127. The molecule has 3 aromatic carbocycles. The highest BCUT2D eigenvalue weighted by Crippen LogP contribution is 2.36. The predicted molar refractivity (Wildman–Crippen MR) is 169 cm³/mol. The number of thiazole rings is 1. The van der Waals surface area contributed by atoms with E-state index in [2.05, 4.69) is 13.0 Å². The zero-order valence-electron chi connectivity index (χ0n) is 24.8. The molecular weight excluding hydrogens is 546 g/mol. The number of unbranched alkanes of at least 4 members (excludes halogenated alkanes) is 1. The Morgan fingerprint density at radius 2 is 1.76 bits per heavy atom. The number of fused-ring (bicyclic) bond motifs is 2. The second-order valence-electron chi connectivity index (χ2n) is 10.2. The van der Waals surface area contributed by atoms with Crippen molar-refractivity contribution in [2.45, 2.75) is 46.6 Å². The highest BCUT2D eigenvalue weighted by molar-refractivity contribution is 7.07. The largest absolute Gasteiger partial charge is 0.496 e. The molecule has 0 radical (unpaired) electrons. The fourth-order valence-electron chi connectivity index (χ4n) is 5.47. The van der Waals surface area contributed by atoms with Gasteiger partial charge in [-0.25, -0.2) is 4.99 Å². The van der Waals surface area contributed by atoms with Gasteiger partial charge in [-0.1, -0.05) is 73.2 Å². The van der Waals surface area contributed by atoms with Crippen LogP contribution < -0.4 is 24.4 Å². The monoisotopic (exact) mass is 583 g/mol. The quantitative estimate of drug-likeness (QED) is 0.233. The molecule has 0 fully saturated rings. The van der Waals surface area contributed by atoms with Crippen molar-refractivity contribution in [1.29, 1.82) is 0 Å². The van der Waals surface area contributed by atoms with Gasteiger partial charge in [-0.05, 0) is 56.2 Å². The van der Waals surface area contributed by atoms with Crippen LogP contribution in [-0.4, -0.2) is 42.2 Å². The highest BCUT2D eigenvalue weighted by atomic mass is 32.1. The Morgan fingerprint density at radius 1 is 1.02 bits per heavy atom. The number of hydrogen-bond donors (Lipinski definition) is 0. The first-order valence-corrected chi connectivity index (χ1v) is 15.3. The summed E-state index contributed by atoms with van der Waals surface area (Å²) in [6.45, 7) is 9.59. The number of allylic oxidation sites excluding steroid dienone is 1. The van der Waals surface area contributed by atoms with E-state index in [4.69, 9.17) is 14.5 Å². The van der Waals surface area contributed by atoms with Crippen LogP contribution in [-0.2, 0) is 4.79 Å². The van der Waals surface area contributed by atoms with Crippen LogP contribution in [0.1, 0.15) is 57.7 Å². The van der Waals surface area contributed by atoms with E-state index in [1.807, 2.05) is 81.4 Å². The maximum Gasteiger partial charge on any atom is 0.271 e. The molecule has 1 atom stereocenters. The predicted octanol–water partition coefficient (Wildman–Crippen LogP) is 5.44. The molecule has 0 aliphatic carbocycles. The number of methoxy groups -OCH3 is 1. The van der Waals surface area contributed by atoms with Gasteiger partial charge in [0, 0.05) is 24.2 Å². The van der Waals surface area contributed by atoms with Crippen LogP contribution in [0.3, 0.4) is 0 Å². The van der Waals surface area contributed by atoms with Crippen LogP contribution in [0.5, 0.6) is 11.5 Å². The number of ether oxygens (including phenoxy) is 2. The Morgan fingerprint density at radius 3 is 2.50 bits per heavy atom. The molecule has 2 heterocycles. The summed E-state index contributed by atoms with van der Waals surface area (Å²) in [5.74, 6) is 1.22. The molecule has 7 nitrogen and oxygen atoms in total. The van der Waals surface area contributed by atoms with E-state index in [1.165, 1.54) is 11.3 Å². The van der Waals surface area contributed by atoms with E-state index in [1.54, 1.807) is 16.6 Å². The summed E-state index contributed by atoms with van der Waals surface area (Å²) in [6, 6.07) is 19.0. The van der Waals surface area contributed by atoms with Gasteiger partial charge in [0.15, 0.2) is 4.80 Å². The van der Waals surface area contributed by atoms with Gasteiger partial charge in [0.1, 0.15) is 17.5 Å². The molecule has 218 valence electrons. The average Bonchev–Trinajstić information content (AvgIpc) is 3.31. The molecular formula is C34H37N3O4S. The van der Waals surface area contributed by atoms with E-state index in [0.29, 0.717) is 46.0 Å². The molecule has 1 aliphatic heterocycles. The second kappa shape index (κ2) is 12.8. The lowest BCUT2D eigenvalue weighted by Gasteiger charge is -2.29. The van der Waals surface area contributed by atoms with Crippen LogP contribution in [0, 0.1) is 0 Å². The zero-order chi connectivity index (χ0) is 29.8. The molecule has 5 rings (SSSR count). The van der Waals surface area contributed by atoms with Crippen molar-refractivity contribution in [2.24, 2.45) is 4.99 Å². The SMILES string of the molecule is CCCCOc1ccc2ccccc2c1/C=c1/sc2n(c1=O)[C@@H](c1ccccc1OC)C(C(=O)N(CC)CC)=C(C)N=2. The third-order valence-corrected chi connectivity index (χ3v) is 8.68. The molecule has 1 amide bonds. The molecule has 0 N–H and O–H groups in total. The van der Waals surface area contributed by atoms with Gasteiger partial charge in [-0.15, -0.1) is 0 Å². The number of aromatic nitrogens is 1. The molecule has 4 aromatic rings. The third-order valence-electron chi connectivity index (χ3n) is 7.70. The van der Waals surface area contributed by atoms with Gasteiger partial charge < -0.3 is 14.4 Å². The molecule has 0 bridgehead atoms. The van der Waals surface area contributed by atoms with Crippen molar-refractivity contribution in [3.63, 3.8) is 0 Å². The summed E-state index contributed by atoms with van der Waals surface area (Å²) in [5, 5.41) is 2.07. The van der Waals surface area contributed by atoms with Crippen LogP contribution in [0.4, 0.5) is 0 Å². The van der Waals surface area contributed by atoms with Gasteiger partial charge in [-0.3, -0.25) is 14.2 Å². The van der Waals surface area contributed by atoms with Crippen LogP contribution in [0.25, 0.3) is 16.8 Å². The number of carbonyl (C=O) groups is 1. The molecule has 8 heteroatoms. The average molecular weight is 584 g/mol. The van der Waals surface area contributed by atoms with E-state index in [-0.39, 0.29) is 11.5 Å². The standard InChI is InChI=1S/C34H37N3O4S/c1-6-9-20-41-28-19-18-23-14-10-11-15-24(23)26(28)21-29-32(38)37-31(25-16-12-13-17-27(25)40-5)30(22(4)35-34(37)42-29)33(39)36(7-2)8-3/h10-19,21,31H,6-9,20H2,1-5H3/b29-21+/t31-/m0/s1. The summed E-state index contributed by atoms with van der Waals surface area (Å²) < 4.78 is 14.1. The molecule has 0 spiro atoms. The summed E-state index contributed by atoms with van der Waals surface area (Å²) in [4.78, 5) is 35.4. The van der Waals surface area contributed by atoms with E-state index in [0.717, 1.165) is 40.5 Å². The number of benzene rings is 3. The number of para-hydroxylation sites is 1. The fourth-order valence-corrected chi connectivity index (χ4v) is 6.50. The van der Waals surface area contributed by atoms with Gasteiger partial charge in [0.25, 0.3) is 11.5 Å². The molecule has 0 saturated carbocycles. The number of likely N-dealkylation sites (N-methyl/N-ethyl adjacent to an activating group) is 1. The Kier molecular flexibility index (Phi) is 8.92.